The first kappa shape index (κ1) is 20.3. The maximum absolute atomic E-state index is 12.3. The zero-order valence-corrected chi connectivity index (χ0v) is 16.1. The van der Waals surface area contributed by atoms with Gasteiger partial charge in [-0.25, -0.2) is 10.4 Å². The van der Waals surface area contributed by atoms with Crippen molar-refractivity contribution in [1.82, 2.24) is 19.5 Å². The molecule has 1 aliphatic rings. The number of nitrogens with two attached hydrogens (primary N) is 1. The Balaban J connectivity index is 1.75. The molecule has 4 rings (SSSR count). The Bertz CT molecular complexity index is 1150. The van der Waals surface area contributed by atoms with E-state index in [1.54, 1.807) is 24.3 Å². The number of rotatable bonds is 5. The molecule has 4 unspecified atom stereocenters. The SMILES string of the molecule is Nc1nc2c(nc(NN=Cc3ccc(Cl)cc3)n2C2OC(CO)C(O)C2O)c(=O)[nH]1. The van der Waals surface area contributed by atoms with Gasteiger partial charge in [-0.05, 0) is 17.7 Å². The predicted octanol–water partition coefficient (Wildman–Crippen LogP) is -0.587. The first-order chi connectivity index (χ1) is 14.4. The quantitative estimate of drug-likeness (QED) is 0.225. The number of aliphatic hydroxyl groups is 3. The highest BCUT2D eigenvalue weighted by Crippen LogP contribution is 2.33. The number of hydrazone groups is 1. The number of imidazole rings is 1. The van der Waals surface area contributed by atoms with Gasteiger partial charge in [0.15, 0.2) is 17.4 Å². The highest BCUT2D eigenvalue weighted by Gasteiger charge is 2.45. The van der Waals surface area contributed by atoms with Crippen molar-refractivity contribution in [2.75, 3.05) is 17.8 Å². The summed E-state index contributed by atoms with van der Waals surface area (Å²) in [5.41, 5.74) is 8.39. The molecule has 3 aromatic rings. The van der Waals surface area contributed by atoms with Crippen LogP contribution >= 0.6 is 11.6 Å². The van der Waals surface area contributed by atoms with Crippen LogP contribution in [0.4, 0.5) is 11.9 Å². The van der Waals surface area contributed by atoms with Crippen LogP contribution in [-0.4, -0.2) is 66.0 Å². The summed E-state index contributed by atoms with van der Waals surface area (Å²) < 4.78 is 6.81. The predicted molar refractivity (Wildman–Crippen MR) is 108 cm³/mol. The Morgan fingerprint density at radius 1 is 1.30 bits per heavy atom. The lowest BCUT2D eigenvalue weighted by atomic mass is 10.1. The Morgan fingerprint density at radius 2 is 2.03 bits per heavy atom. The number of H-pyrrole nitrogens is 1. The fourth-order valence-corrected chi connectivity index (χ4v) is 3.25. The average Bonchev–Trinajstić information content (AvgIpc) is 3.21. The van der Waals surface area contributed by atoms with Crippen molar-refractivity contribution in [1.29, 1.82) is 0 Å². The first-order valence-corrected chi connectivity index (χ1v) is 9.21. The molecule has 0 amide bonds. The minimum Gasteiger partial charge on any atom is -0.394 e. The molecule has 2 aromatic heterocycles. The van der Waals surface area contributed by atoms with Crippen LogP contribution in [-0.2, 0) is 4.74 Å². The number of anilines is 2. The summed E-state index contributed by atoms with van der Waals surface area (Å²) in [7, 11) is 0. The zero-order chi connectivity index (χ0) is 21.4. The van der Waals surface area contributed by atoms with E-state index in [0.717, 1.165) is 5.56 Å². The van der Waals surface area contributed by atoms with Crippen molar-refractivity contribution in [3.8, 4) is 0 Å². The summed E-state index contributed by atoms with van der Waals surface area (Å²) in [6, 6.07) is 6.89. The van der Waals surface area contributed by atoms with E-state index in [1.807, 2.05) is 0 Å². The van der Waals surface area contributed by atoms with E-state index in [2.05, 4.69) is 25.5 Å². The van der Waals surface area contributed by atoms with Crippen LogP contribution in [0.5, 0.6) is 0 Å². The van der Waals surface area contributed by atoms with E-state index in [1.165, 1.54) is 10.8 Å². The van der Waals surface area contributed by atoms with Crippen LogP contribution in [0.15, 0.2) is 34.2 Å². The van der Waals surface area contributed by atoms with E-state index in [0.29, 0.717) is 5.02 Å². The smallest absolute Gasteiger partial charge is 0.280 e. The molecule has 13 heteroatoms. The molecule has 158 valence electrons. The Hall–Kier alpha value is -3.03. The van der Waals surface area contributed by atoms with Crippen LogP contribution in [0.2, 0.25) is 5.02 Å². The standard InChI is InChI=1S/C17H18ClN7O5/c18-8-3-1-7(2-4-8)5-20-24-17-21-10-13(22-16(19)23-14(10)29)25(17)15-12(28)11(27)9(6-26)30-15/h1-5,9,11-12,15,26-28H,6H2,(H,21,24)(H3,19,22,23,29). The summed E-state index contributed by atoms with van der Waals surface area (Å²) in [6.45, 7) is -0.519. The number of hydrogen-bond donors (Lipinski definition) is 6. The van der Waals surface area contributed by atoms with Gasteiger partial charge in [0.25, 0.3) is 5.56 Å². The molecule has 0 radical (unpaired) electrons. The van der Waals surface area contributed by atoms with E-state index in [4.69, 9.17) is 22.1 Å². The number of fused-ring (bicyclic) bond motifs is 1. The maximum atomic E-state index is 12.3. The summed E-state index contributed by atoms with van der Waals surface area (Å²) in [5.74, 6) is -0.162. The molecule has 1 saturated heterocycles. The highest BCUT2D eigenvalue weighted by molar-refractivity contribution is 6.30. The molecule has 7 N–H and O–H groups in total. The molecule has 0 bridgehead atoms. The van der Waals surface area contributed by atoms with E-state index in [9.17, 15) is 20.1 Å². The number of benzene rings is 1. The molecule has 3 heterocycles. The molecule has 0 saturated carbocycles. The Labute approximate surface area is 173 Å². The van der Waals surface area contributed by atoms with Crippen LogP contribution in [0.3, 0.4) is 0 Å². The minimum atomic E-state index is -1.43. The van der Waals surface area contributed by atoms with Gasteiger partial charge in [-0.1, -0.05) is 23.7 Å². The highest BCUT2D eigenvalue weighted by atomic mass is 35.5. The third-order valence-electron chi connectivity index (χ3n) is 4.59. The molecular weight excluding hydrogens is 418 g/mol. The van der Waals surface area contributed by atoms with E-state index >= 15 is 0 Å². The molecule has 0 spiro atoms. The number of nitrogens with one attached hydrogen (secondary N) is 2. The van der Waals surface area contributed by atoms with Gasteiger partial charge < -0.3 is 25.8 Å². The van der Waals surface area contributed by atoms with Gasteiger partial charge >= 0.3 is 0 Å². The number of aromatic amines is 1. The lowest BCUT2D eigenvalue weighted by molar-refractivity contribution is -0.0501. The molecule has 1 fully saturated rings. The van der Waals surface area contributed by atoms with Crippen molar-refractivity contribution in [3.05, 3.63) is 45.2 Å². The first-order valence-electron chi connectivity index (χ1n) is 8.84. The van der Waals surface area contributed by atoms with Crippen molar-refractivity contribution in [2.45, 2.75) is 24.5 Å². The molecule has 1 aromatic carbocycles. The second-order valence-corrected chi connectivity index (χ2v) is 7.02. The lowest BCUT2D eigenvalue weighted by Crippen LogP contribution is -2.33. The maximum Gasteiger partial charge on any atom is 0.280 e. The number of halogens is 1. The van der Waals surface area contributed by atoms with Gasteiger partial charge in [0.1, 0.15) is 18.3 Å². The number of nitrogens with zero attached hydrogens (tertiary/aromatic N) is 4. The number of hydrogen-bond acceptors (Lipinski definition) is 10. The summed E-state index contributed by atoms with van der Waals surface area (Å²) >= 11 is 5.86. The van der Waals surface area contributed by atoms with Gasteiger partial charge in [0.05, 0.1) is 12.8 Å². The van der Waals surface area contributed by atoms with Crippen molar-refractivity contribution in [2.24, 2.45) is 5.10 Å². The number of ether oxygens (including phenoxy) is 1. The minimum absolute atomic E-state index is 0.00801. The fourth-order valence-electron chi connectivity index (χ4n) is 3.13. The molecule has 1 aliphatic heterocycles. The number of nitrogen functional groups attached to an aromatic ring is 1. The van der Waals surface area contributed by atoms with Crippen LogP contribution < -0.4 is 16.7 Å². The van der Waals surface area contributed by atoms with Gasteiger partial charge in [-0.3, -0.25) is 14.3 Å². The molecule has 30 heavy (non-hydrogen) atoms. The van der Waals surface area contributed by atoms with Gasteiger partial charge in [0.2, 0.25) is 11.9 Å². The normalized spacial score (nSPS) is 24.1. The third-order valence-corrected chi connectivity index (χ3v) is 4.84. The average molecular weight is 436 g/mol. The molecule has 4 atom stereocenters. The topological polar surface area (TPSA) is 184 Å². The second-order valence-electron chi connectivity index (χ2n) is 6.58. The molecular formula is C17H18ClN7O5. The largest absolute Gasteiger partial charge is 0.394 e. The third kappa shape index (κ3) is 3.62. The van der Waals surface area contributed by atoms with Gasteiger partial charge in [-0.2, -0.15) is 10.1 Å². The summed E-state index contributed by atoms with van der Waals surface area (Å²) in [5, 5.41) is 34.6. The van der Waals surface area contributed by atoms with Crippen molar-refractivity contribution in [3.63, 3.8) is 0 Å². The molecule has 0 aliphatic carbocycles. The van der Waals surface area contributed by atoms with Gasteiger partial charge in [-0.15, -0.1) is 0 Å². The fraction of sp³-hybridized carbons (Fsp3) is 0.294. The van der Waals surface area contributed by atoms with Crippen molar-refractivity contribution < 1.29 is 20.1 Å². The van der Waals surface area contributed by atoms with Crippen molar-refractivity contribution >= 4 is 40.9 Å². The zero-order valence-electron chi connectivity index (χ0n) is 15.3. The Morgan fingerprint density at radius 3 is 2.70 bits per heavy atom. The molecule has 12 nitrogen and oxygen atoms in total. The van der Waals surface area contributed by atoms with Gasteiger partial charge in [0, 0.05) is 5.02 Å². The Kier molecular flexibility index (Phi) is 5.40. The van der Waals surface area contributed by atoms with Crippen LogP contribution in [0, 0.1) is 0 Å². The van der Waals surface area contributed by atoms with Crippen LogP contribution in [0.25, 0.3) is 11.2 Å². The van der Waals surface area contributed by atoms with E-state index < -0.39 is 36.7 Å². The second kappa shape index (κ2) is 8.01. The monoisotopic (exact) mass is 435 g/mol. The van der Waals surface area contributed by atoms with Crippen LogP contribution in [0.1, 0.15) is 11.8 Å². The number of aromatic nitrogens is 4. The number of aliphatic hydroxyl groups excluding tert-OH is 3. The lowest BCUT2D eigenvalue weighted by Gasteiger charge is -2.18. The summed E-state index contributed by atoms with van der Waals surface area (Å²) in [6.07, 6.45) is -3.54. The van der Waals surface area contributed by atoms with E-state index in [-0.39, 0.29) is 23.1 Å². The summed E-state index contributed by atoms with van der Waals surface area (Å²) in [4.78, 5) is 22.8.